The molecular formula is C50H68N16O12. The minimum Gasteiger partial charge on any atom is -0.481 e. The second kappa shape index (κ2) is 30.9. The highest BCUT2D eigenvalue weighted by Crippen LogP contribution is 2.20. The number of aromatic amines is 1. The molecule has 0 bridgehead atoms. The Morgan fingerprint density at radius 1 is 0.744 bits per heavy atom. The molecule has 7 atom stereocenters. The quantitative estimate of drug-likeness (QED) is 0.0323. The van der Waals surface area contributed by atoms with Gasteiger partial charge in [0.25, 0.3) is 0 Å². The number of aromatic nitrogens is 1. The fourth-order valence-corrected chi connectivity index (χ4v) is 8.27. The molecule has 1 saturated heterocycles. The van der Waals surface area contributed by atoms with Gasteiger partial charge in [-0.15, -0.1) is 0 Å². The molecule has 0 radical (unpaired) electrons. The highest BCUT2D eigenvalue weighted by atomic mass is 16.4. The van der Waals surface area contributed by atoms with E-state index in [1.165, 1.54) is 24.3 Å². The number of nitrogens with one attached hydrogen (secondary N) is 9. The second-order valence-electron chi connectivity index (χ2n) is 18.4. The topological polar surface area (TPSA) is 476 Å². The van der Waals surface area contributed by atoms with E-state index in [0.29, 0.717) is 22.0 Å². The monoisotopic (exact) mass is 1080 g/mol. The van der Waals surface area contributed by atoms with Crippen LogP contribution in [0.2, 0.25) is 0 Å². The van der Waals surface area contributed by atoms with Gasteiger partial charge in [-0.3, -0.25) is 53.1 Å². The molecule has 0 saturated carbocycles. The first-order valence-electron chi connectivity index (χ1n) is 25.1. The number of rotatable bonds is 19. The molecule has 4 rings (SSSR count). The lowest BCUT2D eigenvalue weighted by Crippen LogP contribution is -2.60. The molecule has 28 heteroatoms. The van der Waals surface area contributed by atoms with Crippen molar-refractivity contribution in [1.82, 2.24) is 47.5 Å². The summed E-state index contributed by atoms with van der Waals surface area (Å²) >= 11 is 0. The average Bonchev–Trinajstić information content (AvgIpc) is 3.81. The second-order valence-corrected chi connectivity index (χ2v) is 18.4. The van der Waals surface area contributed by atoms with E-state index >= 15 is 0 Å². The molecule has 2 aromatic carbocycles. The molecule has 7 unspecified atom stereocenters. The van der Waals surface area contributed by atoms with Crippen LogP contribution in [0.4, 0.5) is 0 Å². The molecule has 3 aromatic rings. The van der Waals surface area contributed by atoms with Gasteiger partial charge in [0.1, 0.15) is 42.3 Å². The zero-order valence-corrected chi connectivity index (χ0v) is 43.0. The predicted octanol–water partition coefficient (Wildman–Crippen LogP) is -3.01. The van der Waals surface area contributed by atoms with E-state index in [9.17, 15) is 63.4 Å². The summed E-state index contributed by atoms with van der Waals surface area (Å²) < 4.78 is 0. The minimum absolute atomic E-state index is 0.00470. The van der Waals surface area contributed by atoms with Gasteiger partial charge in [-0.2, -0.15) is 5.26 Å². The van der Waals surface area contributed by atoms with Crippen LogP contribution in [0.15, 0.2) is 64.7 Å². The third-order valence-corrected chi connectivity index (χ3v) is 12.3. The van der Waals surface area contributed by atoms with Crippen LogP contribution in [0.3, 0.4) is 0 Å². The van der Waals surface area contributed by atoms with Gasteiger partial charge in [0.15, 0.2) is 11.9 Å². The summed E-state index contributed by atoms with van der Waals surface area (Å²) in [7, 11) is 0. The first-order chi connectivity index (χ1) is 37.1. The molecule has 1 aliphatic heterocycles. The molecule has 1 aliphatic rings. The number of carbonyl (C=O) groups is 10. The van der Waals surface area contributed by atoms with Crippen molar-refractivity contribution in [2.75, 3.05) is 19.6 Å². The van der Waals surface area contributed by atoms with E-state index in [2.05, 4.69) is 57.5 Å². The highest BCUT2D eigenvalue weighted by Gasteiger charge is 2.35. The standard InChI is InChI=1S/C50H68N16O12/c1-27(67)60-33(9-4-21-57-49(52)53)42(71)62-35-16-18-40(68)56-20-6-11-37(48(77)78)64-47(76)39(24-30-26-59-32-8-3-2-7-31(30)32)66-43(72)34(10-5-22-58-50(54)55)61-46(75)38(23-28-12-14-29(25-51)15-13-28)65-45(74)36(63-44(35)73)17-19-41(69)70/h2-3,7-8,12-15,26,33-39,59H,4-6,9-11,16-24H2,1H3,(H,56,68)(H,60,67)(H,61,75)(H,62,71)(H,63,73)(H,64,76)(H,65,74)(H,66,72)(H,69,70)(H,77,78)(H4,52,53,57)(H4,54,55,58). The zero-order valence-electron chi connectivity index (χ0n) is 43.0. The summed E-state index contributed by atoms with van der Waals surface area (Å²) in [4.78, 5) is 147. The highest BCUT2D eigenvalue weighted by molar-refractivity contribution is 5.98. The fraction of sp³-hybridized carbons (Fsp3) is 0.460. The van der Waals surface area contributed by atoms with Crippen LogP contribution >= 0.6 is 0 Å². The number of para-hydroxylation sites is 1. The number of nitrogens with zero attached hydrogens (tertiary/aromatic N) is 3. The molecule has 1 fully saturated rings. The van der Waals surface area contributed by atoms with E-state index in [-0.39, 0.29) is 88.5 Å². The number of guanidine groups is 2. The lowest BCUT2D eigenvalue weighted by Gasteiger charge is -2.28. The summed E-state index contributed by atoms with van der Waals surface area (Å²) in [6.45, 7) is 1.07. The number of nitrogens with two attached hydrogens (primary N) is 4. The predicted molar refractivity (Wildman–Crippen MR) is 282 cm³/mol. The lowest BCUT2D eigenvalue weighted by molar-refractivity contribution is -0.142. The number of carboxylic acid groups (broad SMARTS) is 2. The number of hydrogen-bond acceptors (Lipinski definition) is 13. The third-order valence-electron chi connectivity index (χ3n) is 12.3. The fourth-order valence-electron chi connectivity index (χ4n) is 8.27. The Bertz CT molecular complexity index is 2730. The van der Waals surface area contributed by atoms with E-state index in [1.807, 2.05) is 6.07 Å². The Labute approximate surface area is 448 Å². The maximum atomic E-state index is 14.6. The van der Waals surface area contributed by atoms with Crippen molar-refractivity contribution < 1.29 is 58.2 Å². The Hall–Kier alpha value is -9.29. The summed E-state index contributed by atoms with van der Waals surface area (Å²) in [6.07, 6.45) is -1.15. The van der Waals surface area contributed by atoms with Gasteiger partial charge in [-0.1, -0.05) is 30.3 Å². The zero-order chi connectivity index (χ0) is 57.3. The van der Waals surface area contributed by atoms with Gasteiger partial charge in [0.2, 0.25) is 47.3 Å². The molecule has 0 spiro atoms. The van der Waals surface area contributed by atoms with Crippen molar-refractivity contribution in [1.29, 1.82) is 5.26 Å². The number of H-pyrrole nitrogens is 1. The third kappa shape index (κ3) is 20.8. The average molecular weight is 1090 g/mol. The van der Waals surface area contributed by atoms with E-state index in [4.69, 9.17) is 22.9 Å². The first kappa shape index (κ1) is 61.3. The summed E-state index contributed by atoms with van der Waals surface area (Å²) in [6, 6.07) is 4.29. The number of benzene rings is 2. The van der Waals surface area contributed by atoms with E-state index in [0.717, 1.165) is 6.92 Å². The van der Waals surface area contributed by atoms with Crippen molar-refractivity contribution in [3.63, 3.8) is 0 Å². The van der Waals surface area contributed by atoms with Crippen LogP contribution in [-0.2, 0) is 60.8 Å². The lowest BCUT2D eigenvalue weighted by atomic mass is 10.0. The maximum absolute atomic E-state index is 14.6. The Morgan fingerprint density at radius 2 is 1.33 bits per heavy atom. The van der Waals surface area contributed by atoms with Crippen molar-refractivity contribution in [2.24, 2.45) is 32.9 Å². The Balaban J connectivity index is 1.81. The minimum atomic E-state index is -1.73. The molecular weight excluding hydrogens is 1020 g/mol. The van der Waals surface area contributed by atoms with Gasteiger partial charge < -0.3 is 80.7 Å². The van der Waals surface area contributed by atoms with Crippen LogP contribution in [0.5, 0.6) is 0 Å². The summed E-state index contributed by atoms with van der Waals surface area (Å²) in [5, 5.41) is 50.6. The van der Waals surface area contributed by atoms with Crippen molar-refractivity contribution in [3.8, 4) is 6.07 Å². The van der Waals surface area contributed by atoms with E-state index in [1.54, 1.807) is 30.5 Å². The maximum Gasteiger partial charge on any atom is 0.326 e. The summed E-state index contributed by atoms with van der Waals surface area (Å²) in [5.74, 6) is -10.4. The Kier molecular flexibility index (Phi) is 24.3. The number of aliphatic carboxylic acids is 2. The van der Waals surface area contributed by atoms with Gasteiger partial charge in [-0.05, 0) is 80.7 Å². The van der Waals surface area contributed by atoms with Gasteiger partial charge in [-0.25, -0.2) is 4.79 Å². The van der Waals surface area contributed by atoms with Gasteiger partial charge in [0, 0.05) is 69.3 Å². The van der Waals surface area contributed by atoms with E-state index < -0.39 is 127 Å². The number of hydrogen-bond donors (Lipinski definition) is 15. The van der Waals surface area contributed by atoms with Gasteiger partial charge in [0.05, 0.1) is 11.6 Å². The molecule has 8 amide bonds. The number of carboxylic acids is 2. The van der Waals surface area contributed by atoms with Crippen LogP contribution in [0.1, 0.15) is 87.8 Å². The van der Waals surface area contributed by atoms with Gasteiger partial charge >= 0.3 is 11.9 Å². The van der Waals surface area contributed by atoms with Crippen molar-refractivity contribution >= 4 is 82.0 Å². The molecule has 19 N–H and O–H groups in total. The van der Waals surface area contributed by atoms with Crippen LogP contribution in [0.25, 0.3) is 10.9 Å². The summed E-state index contributed by atoms with van der Waals surface area (Å²) in [5.41, 5.74) is 23.8. The van der Waals surface area contributed by atoms with Crippen LogP contribution in [0, 0.1) is 11.3 Å². The van der Waals surface area contributed by atoms with Crippen molar-refractivity contribution in [3.05, 3.63) is 71.4 Å². The molecule has 28 nitrogen and oxygen atoms in total. The molecule has 78 heavy (non-hydrogen) atoms. The number of aliphatic imine (C=N–C) groups is 2. The first-order valence-corrected chi connectivity index (χ1v) is 25.1. The molecule has 0 aliphatic carbocycles. The smallest absolute Gasteiger partial charge is 0.326 e. The molecule has 1 aromatic heterocycles. The number of carbonyl (C=O) groups excluding carboxylic acids is 8. The van der Waals surface area contributed by atoms with Crippen molar-refractivity contribution in [2.45, 2.75) is 126 Å². The molecule has 2 heterocycles. The SMILES string of the molecule is CC(=O)NC(CCCN=C(N)N)C(=O)NC1CCC(=O)NCCCC(C(=O)O)NC(=O)C(Cc2c[nH]c3ccccc23)NC(=O)C(CCCN=C(N)N)NC(=O)C(Cc2ccc(C#N)cc2)NC(=O)C(CCC(=O)O)NC1=O. The normalized spacial score (nSPS) is 20.6. The largest absolute Gasteiger partial charge is 0.481 e. The number of nitriles is 1. The number of fused-ring (bicyclic) bond motifs is 1. The number of amides is 8. The molecule has 420 valence electrons. The van der Waals surface area contributed by atoms with Crippen LogP contribution < -0.4 is 65.5 Å². The Morgan fingerprint density at radius 3 is 1.96 bits per heavy atom. The van der Waals surface area contributed by atoms with Crippen LogP contribution in [-0.4, -0.2) is 148 Å².